The van der Waals surface area contributed by atoms with Gasteiger partial charge in [0.25, 0.3) is 11.8 Å². The van der Waals surface area contributed by atoms with E-state index in [1.807, 2.05) is 0 Å². The summed E-state index contributed by atoms with van der Waals surface area (Å²) in [5.41, 5.74) is 1.19. The number of nitrogens with one attached hydrogen (secondary N) is 2. The van der Waals surface area contributed by atoms with Gasteiger partial charge in [0.1, 0.15) is 5.75 Å². The fourth-order valence-corrected chi connectivity index (χ4v) is 2.83. The van der Waals surface area contributed by atoms with Crippen molar-refractivity contribution in [1.82, 2.24) is 0 Å². The summed E-state index contributed by atoms with van der Waals surface area (Å²) in [6.45, 7) is 0. The largest absolute Gasteiger partial charge is 0.494 e. The molecule has 0 atom stereocenters. The van der Waals surface area contributed by atoms with Crippen LogP contribution in [0.15, 0.2) is 59.2 Å². The lowest BCUT2D eigenvalue weighted by Crippen LogP contribution is -2.14. The number of hydrogen-bond donors (Lipinski definition) is 2. The van der Waals surface area contributed by atoms with Gasteiger partial charge >= 0.3 is 0 Å². The Kier molecular flexibility index (Phi) is 5.69. The van der Waals surface area contributed by atoms with Gasteiger partial charge in [-0.05, 0) is 42.5 Å². The lowest BCUT2D eigenvalue weighted by atomic mass is 10.2. The molecule has 2 N–H and O–H groups in total. The number of methoxy groups -OCH3 is 1. The van der Waals surface area contributed by atoms with Crippen molar-refractivity contribution in [3.8, 4) is 5.75 Å². The number of anilines is 2. The topological polar surface area (TPSA) is 80.6 Å². The molecule has 138 valence electrons. The Morgan fingerprint density at radius 1 is 1.00 bits per heavy atom. The van der Waals surface area contributed by atoms with Crippen molar-refractivity contribution in [1.29, 1.82) is 0 Å². The van der Waals surface area contributed by atoms with Crippen molar-refractivity contribution in [2.24, 2.45) is 0 Å². The second-order valence-corrected chi connectivity index (χ2v) is 6.27. The SMILES string of the molecule is COc1cc(NC(=O)c2ccc(Cl)cc2Cl)ccc1NC(=O)c1ccco1. The minimum atomic E-state index is -0.414. The Morgan fingerprint density at radius 3 is 2.48 bits per heavy atom. The monoisotopic (exact) mass is 404 g/mol. The third-order valence-electron chi connectivity index (χ3n) is 3.63. The Balaban J connectivity index is 1.77. The van der Waals surface area contributed by atoms with E-state index in [4.69, 9.17) is 32.4 Å². The van der Waals surface area contributed by atoms with Crippen LogP contribution < -0.4 is 15.4 Å². The molecule has 0 aliphatic rings. The van der Waals surface area contributed by atoms with Crippen LogP contribution in [-0.2, 0) is 0 Å². The third kappa shape index (κ3) is 4.42. The van der Waals surface area contributed by atoms with Crippen LogP contribution in [0, 0.1) is 0 Å². The van der Waals surface area contributed by atoms with E-state index in [9.17, 15) is 9.59 Å². The van der Waals surface area contributed by atoms with Crippen LogP contribution in [0.3, 0.4) is 0 Å². The molecule has 0 unspecified atom stereocenters. The second-order valence-electron chi connectivity index (χ2n) is 5.42. The molecule has 1 heterocycles. The molecule has 3 rings (SSSR count). The second kappa shape index (κ2) is 8.16. The molecule has 27 heavy (non-hydrogen) atoms. The molecule has 2 aromatic carbocycles. The maximum absolute atomic E-state index is 12.4. The van der Waals surface area contributed by atoms with Gasteiger partial charge in [0.15, 0.2) is 5.76 Å². The zero-order valence-corrected chi connectivity index (χ0v) is 15.6. The lowest BCUT2D eigenvalue weighted by molar-refractivity contribution is 0.0994. The van der Waals surface area contributed by atoms with Crippen LogP contribution in [-0.4, -0.2) is 18.9 Å². The van der Waals surface area contributed by atoms with Crippen LogP contribution >= 0.6 is 23.2 Å². The minimum absolute atomic E-state index is 0.173. The number of carbonyl (C=O) groups is 2. The van der Waals surface area contributed by atoms with Crippen LogP contribution in [0.4, 0.5) is 11.4 Å². The fraction of sp³-hybridized carbons (Fsp3) is 0.0526. The number of amides is 2. The van der Waals surface area contributed by atoms with Crippen LogP contribution in [0.25, 0.3) is 0 Å². The molecule has 3 aromatic rings. The summed E-state index contributed by atoms with van der Waals surface area (Å²) in [6, 6.07) is 12.6. The predicted molar refractivity (Wildman–Crippen MR) is 104 cm³/mol. The highest BCUT2D eigenvalue weighted by molar-refractivity contribution is 6.37. The van der Waals surface area contributed by atoms with E-state index in [0.717, 1.165) is 0 Å². The molecule has 1 aromatic heterocycles. The average Bonchev–Trinajstić information content (AvgIpc) is 3.17. The highest BCUT2D eigenvalue weighted by Crippen LogP contribution is 2.29. The van der Waals surface area contributed by atoms with Gasteiger partial charge in [-0.15, -0.1) is 0 Å². The Morgan fingerprint density at radius 2 is 1.81 bits per heavy atom. The number of halogens is 2. The Hall–Kier alpha value is -2.96. The molecular formula is C19H14Cl2N2O4. The number of furan rings is 1. The molecule has 0 saturated heterocycles. The Bertz CT molecular complexity index is 987. The van der Waals surface area contributed by atoms with Gasteiger partial charge in [0.2, 0.25) is 0 Å². The van der Waals surface area contributed by atoms with E-state index in [2.05, 4.69) is 10.6 Å². The molecule has 0 spiro atoms. The van der Waals surface area contributed by atoms with Crippen molar-refractivity contribution in [2.45, 2.75) is 0 Å². The lowest BCUT2D eigenvalue weighted by Gasteiger charge is -2.12. The van der Waals surface area contributed by atoms with E-state index in [1.165, 1.54) is 25.5 Å². The molecule has 0 saturated carbocycles. The molecule has 0 fully saturated rings. The van der Waals surface area contributed by atoms with Gasteiger partial charge < -0.3 is 19.8 Å². The Labute approximate surface area is 165 Å². The zero-order chi connectivity index (χ0) is 19.4. The molecule has 0 aliphatic heterocycles. The van der Waals surface area contributed by atoms with E-state index in [1.54, 1.807) is 36.4 Å². The van der Waals surface area contributed by atoms with Crippen molar-refractivity contribution in [3.05, 3.63) is 76.2 Å². The van der Waals surface area contributed by atoms with Gasteiger partial charge in [0.05, 0.1) is 29.6 Å². The standard InChI is InChI=1S/C19H14Cl2N2O4/c1-26-17-10-12(22-18(24)13-6-4-11(20)9-14(13)21)5-7-15(17)23-19(25)16-3-2-8-27-16/h2-10H,1H3,(H,22,24)(H,23,25). The van der Waals surface area contributed by atoms with Crippen molar-refractivity contribution in [3.63, 3.8) is 0 Å². The van der Waals surface area contributed by atoms with Gasteiger partial charge in [0, 0.05) is 16.8 Å². The van der Waals surface area contributed by atoms with E-state index >= 15 is 0 Å². The summed E-state index contributed by atoms with van der Waals surface area (Å²) in [4.78, 5) is 24.5. The number of hydrogen-bond acceptors (Lipinski definition) is 4. The molecule has 6 nitrogen and oxygen atoms in total. The first-order chi connectivity index (χ1) is 13.0. The van der Waals surface area contributed by atoms with Gasteiger partial charge in [-0.1, -0.05) is 23.2 Å². The van der Waals surface area contributed by atoms with Crippen LogP contribution in [0.2, 0.25) is 10.0 Å². The van der Waals surface area contributed by atoms with Crippen molar-refractivity contribution in [2.75, 3.05) is 17.7 Å². The molecule has 0 aliphatic carbocycles. The predicted octanol–water partition coefficient (Wildman–Crippen LogP) is 5.10. The van der Waals surface area contributed by atoms with Gasteiger partial charge in [-0.2, -0.15) is 0 Å². The third-order valence-corrected chi connectivity index (χ3v) is 4.18. The smallest absolute Gasteiger partial charge is 0.291 e. The maximum atomic E-state index is 12.4. The molecule has 0 radical (unpaired) electrons. The highest BCUT2D eigenvalue weighted by Gasteiger charge is 2.15. The first-order valence-corrected chi connectivity index (χ1v) is 8.53. The highest BCUT2D eigenvalue weighted by atomic mass is 35.5. The summed E-state index contributed by atoms with van der Waals surface area (Å²) in [6.07, 6.45) is 1.41. The zero-order valence-electron chi connectivity index (χ0n) is 14.1. The first kappa shape index (κ1) is 18.8. The number of benzene rings is 2. The van der Waals surface area contributed by atoms with E-state index in [-0.39, 0.29) is 16.3 Å². The van der Waals surface area contributed by atoms with Gasteiger partial charge in [-0.25, -0.2) is 0 Å². The quantitative estimate of drug-likeness (QED) is 0.619. The fourth-order valence-electron chi connectivity index (χ4n) is 2.34. The van der Waals surface area contributed by atoms with E-state index in [0.29, 0.717) is 22.1 Å². The van der Waals surface area contributed by atoms with Crippen molar-refractivity contribution < 1.29 is 18.7 Å². The molecule has 0 bridgehead atoms. The average molecular weight is 405 g/mol. The number of carbonyl (C=O) groups excluding carboxylic acids is 2. The number of rotatable bonds is 5. The first-order valence-electron chi connectivity index (χ1n) is 7.77. The summed E-state index contributed by atoms with van der Waals surface area (Å²) >= 11 is 11.9. The molecular weight excluding hydrogens is 391 g/mol. The van der Waals surface area contributed by atoms with E-state index < -0.39 is 11.8 Å². The summed E-state index contributed by atoms with van der Waals surface area (Å²) in [5.74, 6) is -0.268. The van der Waals surface area contributed by atoms with Gasteiger partial charge in [-0.3, -0.25) is 9.59 Å². The summed E-state index contributed by atoms with van der Waals surface area (Å²) < 4.78 is 10.3. The molecule has 8 heteroatoms. The number of ether oxygens (including phenoxy) is 1. The van der Waals surface area contributed by atoms with Crippen LogP contribution in [0.1, 0.15) is 20.9 Å². The van der Waals surface area contributed by atoms with Crippen molar-refractivity contribution >= 4 is 46.4 Å². The minimum Gasteiger partial charge on any atom is -0.494 e. The normalized spacial score (nSPS) is 10.3. The summed E-state index contributed by atoms with van der Waals surface area (Å²) in [5, 5.41) is 6.09. The maximum Gasteiger partial charge on any atom is 0.291 e. The summed E-state index contributed by atoms with van der Waals surface area (Å²) in [7, 11) is 1.46. The molecule has 2 amide bonds. The van der Waals surface area contributed by atoms with Crippen LogP contribution in [0.5, 0.6) is 5.75 Å².